The topological polar surface area (TPSA) is 47.4 Å². The minimum atomic E-state index is -0.0498. The van der Waals surface area contributed by atoms with Gasteiger partial charge in [0.15, 0.2) is 0 Å². The van der Waals surface area contributed by atoms with Gasteiger partial charge in [0.2, 0.25) is 0 Å². The Bertz CT molecular complexity index is 1170. The first-order chi connectivity index (χ1) is 15.0. The van der Waals surface area contributed by atoms with E-state index in [0.717, 1.165) is 39.2 Å². The van der Waals surface area contributed by atoms with E-state index in [4.69, 9.17) is 22.1 Å². The lowest BCUT2D eigenvalue weighted by molar-refractivity contribution is -0.122. The number of amides is 1. The van der Waals surface area contributed by atoms with Crippen LogP contribution >= 0.6 is 39.9 Å². The van der Waals surface area contributed by atoms with E-state index in [1.54, 1.807) is 12.0 Å². The average Bonchev–Trinajstić information content (AvgIpc) is 3.31. The summed E-state index contributed by atoms with van der Waals surface area (Å²) in [6.07, 6.45) is 4.68. The average molecular weight is 514 g/mol. The quantitative estimate of drug-likeness (QED) is 0.302. The molecule has 0 spiro atoms. The molecule has 1 fully saturated rings. The molecule has 0 bridgehead atoms. The third-order valence-corrected chi connectivity index (χ3v) is 6.79. The Morgan fingerprint density at radius 2 is 2.00 bits per heavy atom. The Balaban J connectivity index is 1.81. The number of methoxy groups -OCH3 is 1. The lowest BCUT2D eigenvalue weighted by atomic mass is 10.1. The Hall–Kier alpha value is -2.42. The molecule has 1 saturated heterocycles. The van der Waals surface area contributed by atoms with Crippen molar-refractivity contribution in [2.75, 3.05) is 13.7 Å². The molecule has 1 aliphatic rings. The van der Waals surface area contributed by atoms with Gasteiger partial charge in [-0.1, -0.05) is 49.1 Å². The number of aromatic nitrogens is 2. The maximum absolute atomic E-state index is 12.9. The minimum Gasteiger partial charge on any atom is -0.496 e. The normalized spacial score (nSPS) is 15.2. The standard InChI is InChI=1S/C23H20BrN3O2S2/c1-3-11-26-22(28)20(31-23(26)30)13-16-14-27(17-7-5-4-6-8-17)25-21(16)15-9-10-19(29-2)18(24)12-15/h4-10,12-14H,3,11H2,1-2H3. The van der Waals surface area contributed by atoms with Crippen molar-refractivity contribution in [1.29, 1.82) is 0 Å². The largest absolute Gasteiger partial charge is 0.496 e. The van der Waals surface area contributed by atoms with Crippen molar-refractivity contribution >= 4 is 56.2 Å². The Kier molecular flexibility index (Phi) is 6.60. The molecule has 2 heterocycles. The van der Waals surface area contributed by atoms with E-state index >= 15 is 0 Å². The summed E-state index contributed by atoms with van der Waals surface area (Å²) in [7, 11) is 1.63. The van der Waals surface area contributed by atoms with E-state index in [0.29, 0.717) is 15.8 Å². The van der Waals surface area contributed by atoms with Crippen molar-refractivity contribution in [3.05, 3.63) is 69.7 Å². The van der Waals surface area contributed by atoms with E-state index < -0.39 is 0 Å². The lowest BCUT2D eigenvalue weighted by Crippen LogP contribution is -2.28. The van der Waals surface area contributed by atoms with Crippen LogP contribution in [0.5, 0.6) is 5.75 Å². The molecular formula is C23H20BrN3O2S2. The molecule has 8 heteroatoms. The maximum Gasteiger partial charge on any atom is 0.266 e. The zero-order chi connectivity index (χ0) is 22.0. The SMILES string of the molecule is CCCN1C(=O)C(=Cc2cn(-c3ccccc3)nc2-c2ccc(OC)c(Br)c2)SC1=S. The number of ether oxygens (including phenoxy) is 1. The summed E-state index contributed by atoms with van der Waals surface area (Å²) in [5.74, 6) is 0.694. The Morgan fingerprint density at radius 3 is 2.68 bits per heavy atom. The van der Waals surface area contributed by atoms with Crippen LogP contribution in [0.1, 0.15) is 18.9 Å². The van der Waals surface area contributed by atoms with Gasteiger partial charge in [-0.2, -0.15) is 5.10 Å². The number of thioether (sulfide) groups is 1. The first kappa shape index (κ1) is 21.8. The summed E-state index contributed by atoms with van der Waals surface area (Å²) in [5, 5.41) is 4.83. The van der Waals surface area contributed by atoms with Crippen LogP contribution in [-0.2, 0) is 4.79 Å². The van der Waals surface area contributed by atoms with Crippen LogP contribution in [0, 0.1) is 0 Å². The van der Waals surface area contributed by atoms with Gasteiger partial charge in [-0.05, 0) is 58.8 Å². The third kappa shape index (κ3) is 4.46. The number of carbonyl (C=O) groups is 1. The van der Waals surface area contributed by atoms with Crippen LogP contribution < -0.4 is 4.74 Å². The van der Waals surface area contributed by atoms with Gasteiger partial charge >= 0.3 is 0 Å². The predicted octanol–water partition coefficient (Wildman–Crippen LogP) is 5.92. The molecule has 31 heavy (non-hydrogen) atoms. The number of hydrogen-bond donors (Lipinski definition) is 0. The molecule has 158 valence electrons. The highest BCUT2D eigenvalue weighted by molar-refractivity contribution is 9.10. The van der Waals surface area contributed by atoms with Gasteiger partial charge in [0.25, 0.3) is 5.91 Å². The van der Waals surface area contributed by atoms with E-state index in [2.05, 4.69) is 15.9 Å². The molecule has 0 radical (unpaired) electrons. The van der Waals surface area contributed by atoms with E-state index in [1.807, 2.05) is 72.4 Å². The molecule has 1 aliphatic heterocycles. The van der Waals surface area contributed by atoms with Gasteiger partial charge in [0, 0.05) is 23.9 Å². The van der Waals surface area contributed by atoms with Crippen LogP contribution in [0.3, 0.4) is 0 Å². The summed E-state index contributed by atoms with van der Waals surface area (Å²) in [6.45, 7) is 2.66. The number of carbonyl (C=O) groups excluding carboxylic acids is 1. The Labute approximate surface area is 199 Å². The maximum atomic E-state index is 12.9. The highest BCUT2D eigenvalue weighted by Crippen LogP contribution is 2.36. The Morgan fingerprint density at radius 1 is 1.23 bits per heavy atom. The van der Waals surface area contributed by atoms with Gasteiger partial charge in [-0.25, -0.2) is 4.68 Å². The molecule has 5 nitrogen and oxygen atoms in total. The fourth-order valence-corrected chi connectivity index (χ4v) is 5.14. The molecule has 3 aromatic rings. The second-order valence-electron chi connectivity index (χ2n) is 6.90. The highest BCUT2D eigenvalue weighted by atomic mass is 79.9. The molecule has 0 aliphatic carbocycles. The molecule has 2 aromatic carbocycles. The number of nitrogens with zero attached hydrogens (tertiary/aromatic N) is 3. The minimum absolute atomic E-state index is 0.0498. The molecule has 0 saturated carbocycles. The van der Waals surface area contributed by atoms with Crippen LogP contribution in [0.25, 0.3) is 23.0 Å². The van der Waals surface area contributed by atoms with Gasteiger partial charge in [0.05, 0.1) is 22.2 Å². The molecule has 0 atom stereocenters. The number of thiocarbonyl (C=S) groups is 1. The van der Waals surface area contributed by atoms with Crippen molar-refractivity contribution in [1.82, 2.24) is 14.7 Å². The molecule has 1 aromatic heterocycles. The number of rotatable bonds is 6. The second-order valence-corrected chi connectivity index (χ2v) is 9.43. The van der Waals surface area contributed by atoms with E-state index in [9.17, 15) is 4.79 Å². The van der Waals surface area contributed by atoms with E-state index in [-0.39, 0.29) is 5.91 Å². The zero-order valence-electron chi connectivity index (χ0n) is 17.0. The fraction of sp³-hybridized carbons (Fsp3) is 0.174. The summed E-state index contributed by atoms with van der Waals surface area (Å²) in [4.78, 5) is 15.1. The number of para-hydroxylation sites is 1. The number of halogens is 1. The fourth-order valence-electron chi connectivity index (χ4n) is 3.30. The van der Waals surface area contributed by atoms with Crippen molar-refractivity contribution in [3.8, 4) is 22.7 Å². The van der Waals surface area contributed by atoms with Crippen molar-refractivity contribution < 1.29 is 9.53 Å². The highest BCUT2D eigenvalue weighted by Gasteiger charge is 2.31. The van der Waals surface area contributed by atoms with Gasteiger partial charge < -0.3 is 4.74 Å². The molecule has 0 N–H and O–H groups in total. The van der Waals surface area contributed by atoms with Crippen molar-refractivity contribution in [3.63, 3.8) is 0 Å². The van der Waals surface area contributed by atoms with Gasteiger partial charge in [-0.3, -0.25) is 9.69 Å². The first-order valence-corrected chi connectivity index (χ1v) is 11.8. The molecular weight excluding hydrogens is 494 g/mol. The van der Waals surface area contributed by atoms with Crippen LogP contribution in [0.2, 0.25) is 0 Å². The summed E-state index contributed by atoms with van der Waals surface area (Å²) in [5.41, 5.74) is 3.47. The molecule has 4 rings (SSSR count). The van der Waals surface area contributed by atoms with Gasteiger partial charge in [-0.15, -0.1) is 0 Å². The molecule has 1 amide bonds. The lowest BCUT2D eigenvalue weighted by Gasteiger charge is -2.11. The molecule has 0 unspecified atom stereocenters. The second kappa shape index (κ2) is 9.38. The first-order valence-electron chi connectivity index (χ1n) is 9.76. The van der Waals surface area contributed by atoms with Crippen LogP contribution in [-0.4, -0.2) is 38.6 Å². The smallest absolute Gasteiger partial charge is 0.266 e. The van der Waals surface area contributed by atoms with Crippen LogP contribution in [0.4, 0.5) is 0 Å². The predicted molar refractivity (Wildman–Crippen MR) is 133 cm³/mol. The number of hydrogen-bond acceptors (Lipinski definition) is 5. The number of benzene rings is 2. The van der Waals surface area contributed by atoms with Crippen molar-refractivity contribution in [2.24, 2.45) is 0 Å². The van der Waals surface area contributed by atoms with E-state index in [1.165, 1.54) is 11.8 Å². The third-order valence-electron chi connectivity index (χ3n) is 4.80. The van der Waals surface area contributed by atoms with Crippen LogP contribution in [0.15, 0.2) is 64.1 Å². The van der Waals surface area contributed by atoms with Gasteiger partial charge in [0.1, 0.15) is 15.8 Å². The summed E-state index contributed by atoms with van der Waals surface area (Å²) < 4.78 is 8.62. The monoisotopic (exact) mass is 513 g/mol. The summed E-state index contributed by atoms with van der Waals surface area (Å²) >= 11 is 10.3. The van der Waals surface area contributed by atoms with Crippen molar-refractivity contribution in [2.45, 2.75) is 13.3 Å². The zero-order valence-corrected chi connectivity index (χ0v) is 20.3. The summed E-state index contributed by atoms with van der Waals surface area (Å²) in [6, 6.07) is 15.7.